The Hall–Kier alpha value is -1.62. The molecule has 2 aromatic rings. The summed E-state index contributed by atoms with van der Waals surface area (Å²) in [4.78, 5) is 26.6. The normalized spacial score (nSPS) is 19.1. The van der Waals surface area contributed by atoms with Gasteiger partial charge in [-0.1, -0.05) is 23.5 Å². The Morgan fingerprint density at radius 2 is 2.19 bits per heavy atom. The molecule has 2 heterocycles. The number of likely N-dealkylation sites (tertiary alicyclic amines) is 1. The van der Waals surface area contributed by atoms with Crippen molar-refractivity contribution in [3.8, 4) is 0 Å². The Bertz CT molecular complexity index is 731. The Balaban J connectivity index is 1.91. The van der Waals surface area contributed by atoms with Gasteiger partial charge in [-0.3, -0.25) is 14.2 Å². The molecule has 0 spiro atoms. The first-order valence-corrected chi connectivity index (χ1v) is 8.28. The zero-order valence-electron chi connectivity index (χ0n) is 12.5. The van der Waals surface area contributed by atoms with Crippen molar-refractivity contribution in [2.24, 2.45) is 0 Å². The molecule has 21 heavy (non-hydrogen) atoms. The van der Waals surface area contributed by atoms with E-state index in [0.717, 1.165) is 35.2 Å². The molecule has 1 unspecified atom stereocenters. The first-order valence-electron chi connectivity index (χ1n) is 7.46. The summed E-state index contributed by atoms with van der Waals surface area (Å²) >= 11 is 1.23. The van der Waals surface area contributed by atoms with Gasteiger partial charge < -0.3 is 4.90 Å². The van der Waals surface area contributed by atoms with Gasteiger partial charge in [0.2, 0.25) is 5.91 Å². The Morgan fingerprint density at radius 3 is 2.95 bits per heavy atom. The second kappa shape index (κ2) is 5.64. The van der Waals surface area contributed by atoms with E-state index in [-0.39, 0.29) is 23.4 Å². The number of carbonyl (C=O) groups is 1. The molecular weight excluding hydrogens is 284 g/mol. The van der Waals surface area contributed by atoms with E-state index in [1.807, 2.05) is 30.0 Å². The van der Waals surface area contributed by atoms with Crippen LogP contribution in [0.3, 0.4) is 0 Å². The molecule has 0 radical (unpaired) electrons. The maximum Gasteiger partial charge on any atom is 0.308 e. The largest absolute Gasteiger partial charge is 0.338 e. The standard InChI is InChI=1S/C16H20N2O2S/c1-11-6-5-8-13-15(11)21-16(20)18(13)10-14(19)17-9-4-3-7-12(17)2/h5-6,8,12H,3-4,7,9-10H2,1-2H3. The maximum absolute atomic E-state index is 12.5. The number of piperidine rings is 1. The molecule has 1 saturated heterocycles. The van der Waals surface area contributed by atoms with E-state index in [1.54, 1.807) is 4.57 Å². The molecule has 3 rings (SSSR count). The third kappa shape index (κ3) is 2.62. The van der Waals surface area contributed by atoms with Crippen LogP contribution in [-0.2, 0) is 11.3 Å². The van der Waals surface area contributed by atoms with E-state index in [0.29, 0.717) is 0 Å². The third-order valence-electron chi connectivity index (χ3n) is 4.31. The van der Waals surface area contributed by atoms with E-state index >= 15 is 0 Å². The minimum Gasteiger partial charge on any atom is -0.338 e. The zero-order chi connectivity index (χ0) is 15.0. The Kier molecular flexibility index (Phi) is 3.85. The van der Waals surface area contributed by atoms with E-state index < -0.39 is 0 Å². The monoisotopic (exact) mass is 304 g/mol. The second-order valence-corrected chi connectivity index (χ2v) is 6.77. The highest BCUT2D eigenvalue weighted by molar-refractivity contribution is 7.16. The van der Waals surface area contributed by atoms with Gasteiger partial charge in [0.05, 0.1) is 10.2 Å². The molecule has 0 N–H and O–H groups in total. The number of aryl methyl sites for hydroxylation is 1. The van der Waals surface area contributed by atoms with E-state index in [9.17, 15) is 9.59 Å². The van der Waals surface area contributed by atoms with Crippen LogP contribution in [0.1, 0.15) is 31.7 Å². The van der Waals surface area contributed by atoms with Crippen LogP contribution < -0.4 is 4.87 Å². The summed E-state index contributed by atoms with van der Waals surface area (Å²) in [6.45, 7) is 5.06. The lowest BCUT2D eigenvalue weighted by atomic mass is 10.0. The van der Waals surface area contributed by atoms with Gasteiger partial charge in [-0.15, -0.1) is 0 Å². The molecule has 1 aliphatic rings. The highest BCUT2D eigenvalue weighted by Gasteiger charge is 2.24. The van der Waals surface area contributed by atoms with E-state index in [1.165, 1.54) is 17.8 Å². The van der Waals surface area contributed by atoms with Crippen LogP contribution in [0.25, 0.3) is 10.2 Å². The first-order chi connectivity index (χ1) is 10.1. The second-order valence-electron chi connectivity index (χ2n) is 5.81. The van der Waals surface area contributed by atoms with Gasteiger partial charge >= 0.3 is 4.87 Å². The molecule has 112 valence electrons. The molecule has 4 nitrogen and oxygen atoms in total. The highest BCUT2D eigenvalue weighted by atomic mass is 32.1. The van der Waals surface area contributed by atoms with Gasteiger partial charge in [0.25, 0.3) is 0 Å². The number of rotatable bonds is 2. The van der Waals surface area contributed by atoms with E-state index in [2.05, 4.69) is 6.92 Å². The number of aromatic nitrogens is 1. The molecule has 5 heteroatoms. The van der Waals surface area contributed by atoms with Crippen molar-refractivity contribution >= 4 is 27.5 Å². The quantitative estimate of drug-likeness (QED) is 0.856. The summed E-state index contributed by atoms with van der Waals surface area (Å²) in [7, 11) is 0. The Morgan fingerprint density at radius 1 is 1.38 bits per heavy atom. The minimum absolute atomic E-state index is 0.0442. The van der Waals surface area contributed by atoms with Crippen molar-refractivity contribution in [3.05, 3.63) is 33.4 Å². The van der Waals surface area contributed by atoms with Crippen molar-refractivity contribution < 1.29 is 4.79 Å². The summed E-state index contributed by atoms with van der Waals surface area (Å²) in [5, 5.41) is 0. The number of hydrogen-bond acceptors (Lipinski definition) is 3. The zero-order valence-corrected chi connectivity index (χ0v) is 13.3. The summed E-state index contributed by atoms with van der Waals surface area (Å²) in [6, 6.07) is 6.15. The van der Waals surface area contributed by atoms with Crippen molar-refractivity contribution in [3.63, 3.8) is 0 Å². The molecule has 0 bridgehead atoms. The number of carbonyl (C=O) groups excluding carboxylic acids is 1. The molecule has 0 aliphatic carbocycles. The van der Waals surface area contributed by atoms with Crippen molar-refractivity contribution in [2.75, 3.05) is 6.54 Å². The van der Waals surface area contributed by atoms with Crippen molar-refractivity contribution in [1.82, 2.24) is 9.47 Å². The molecule has 1 fully saturated rings. The van der Waals surface area contributed by atoms with Crippen LogP contribution in [0, 0.1) is 6.92 Å². The molecule has 1 atom stereocenters. The predicted molar refractivity (Wildman–Crippen MR) is 85.8 cm³/mol. The SMILES string of the molecule is Cc1cccc2c1sc(=O)n2CC(=O)N1CCCCC1C. The highest BCUT2D eigenvalue weighted by Crippen LogP contribution is 2.22. The minimum atomic E-state index is -0.0442. The van der Waals surface area contributed by atoms with E-state index in [4.69, 9.17) is 0 Å². The molecule has 0 saturated carbocycles. The number of benzene rings is 1. The fourth-order valence-corrected chi connectivity index (χ4v) is 4.03. The van der Waals surface area contributed by atoms with Crippen LogP contribution in [0.2, 0.25) is 0 Å². The van der Waals surface area contributed by atoms with Crippen molar-refractivity contribution in [2.45, 2.75) is 45.7 Å². The lowest BCUT2D eigenvalue weighted by Gasteiger charge is -2.33. The van der Waals surface area contributed by atoms with Crippen LogP contribution >= 0.6 is 11.3 Å². The average molecular weight is 304 g/mol. The lowest BCUT2D eigenvalue weighted by Crippen LogP contribution is -2.44. The molecular formula is C16H20N2O2S. The summed E-state index contributed by atoms with van der Waals surface area (Å²) in [5.41, 5.74) is 1.97. The number of hydrogen-bond donors (Lipinski definition) is 0. The maximum atomic E-state index is 12.5. The first kappa shape index (κ1) is 14.3. The number of fused-ring (bicyclic) bond motifs is 1. The lowest BCUT2D eigenvalue weighted by molar-refractivity contribution is -0.135. The molecule has 1 aromatic heterocycles. The smallest absolute Gasteiger partial charge is 0.308 e. The summed E-state index contributed by atoms with van der Waals surface area (Å²) in [6.07, 6.45) is 3.31. The van der Waals surface area contributed by atoms with Crippen molar-refractivity contribution in [1.29, 1.82) is 0 Å². The van der Waals surface area contributed by atoms with Crippen LogP contribution in [0.15, 0.2) is 23.0 Å². The van der Waals surface area contributed by atoms with Gasteiger partial charge in [-0.2, -0.15) is 0 Å². The van der Waals surface area contributed by atoms with Gasteiger partial charge in [0, 0.05) is 12.6 Å². The average Bonchev–Trinajstić information content (AvgIpc) is 2.78. The number of thiazole rings is 1. The number of nitrogens with zero attached hydrogens (tertiary/aromatic N) is 2. The summed E-state index contributed by atoms with van der Waals surface area (Å²) in [5.74, 6) is 0.0607. The van der Waals surface area contributed by atoms with Gasteiger partial charge in [-0.05, 0) is 44.7 Å². The molecule has 1 aliphatic heterocycles. The Labute approximate surface area is 128 Å². The van der Waals surface area contributed by atoms with Gasteiger partial charge in [-0.25, -0.2) is 0 Å². The molecule has 1 amide bonds. The molecule has 1 aromatic carbocycles. The summed E-state index contributed by atoms with van der Waals surface area (Å²) < 4.78 is 2.61. The number of amides is 1. The third-order valence-corrected chi connectivity index (χ3v) is 5.44. The van der Waals surface area contributed by atoms with Gasteiger partial charge in [0.15, 0.2) is 0 Å². The predicted octanol–water partition coefficient (Wildman–Crippen LogP) is 2.77. The van der Waals surface area contributed by atoms with Crippen LogP contribution in [0.5, 0.6) is 0 Å². The van der Waals surface area contributed by atoms with Gasteiger partial charge in [0.1, 0.15) is 6.54 Å². The van der Waals surface area contributed by atoms with Crippen LogP contribution in [-0.4, -0.2) is 28.0 Å². The van der Waals surface area contributed by atoms with Crippen LogP contribution in [0.4, 0.5) is 0 Å². The fraction of sp³-hybridized carbons (Fsp3) is 0.500. The fourth-order valence-electron chi connectivity index (χ4n) is 3.07. The topological polar surface area (TPSA) is 42.3 Å².